The number of anilines is 1. The van der Waals surface area contributed by atoms with Crippen LogP contribution in [0.2, 0.25) is 0 Å². The minimum Gasteiger partial charge on any atom is -0.309 e. The van der Waals surface area contributed by atoms with E-state index in [0.717, 1.165) is 34.2 Å². The van der Waals surface area contributed by atoms with E-state index in [2.05, 4.69) is 10.4 Å². The van der Waals surface area contributed by atoms with Crippen molar-refractivity contribution in [3.63, 3.8) is 0 Å². The lowest BCUT2D eigenvalue weighted by Crippen LogP contribution is -2.22. The summed E-state index contributed by atoms with van der Waals surface area (Å²) in [4.78, 5) is 12.7. The van der Waals surface area contributed by atoms with Crippen molar-refractivity contribution in [2.24, 2.45) is 0 Å². The van der Waals surface area contributed by atoms with Crippen LogP contribution in [0.5, 0.6) is 0 Å². The fourth-order valence-corrected chi connectivity index (χ4v) is 3.30. The summed E-state index contributed by atoms with van der Waals surface area (Å²) in [6.07, 6.45) is 2.34. The van der Waals surface area contributed by atoms with Crippen molar-refractivity contribution in [3.05, 3.63) is 59.0 Å². The summed E-state index contributed by atoms with van der Waals surface area (Å²) in [5.74, 6) is 1.18. The van der Waals surface area contributed by atoms with E-state index in [-0.39, 0.29) is 12.5 Å². The van der Waals surface area contributed by atoms with Crippen LogP contribution in [0.25, 0.3) is 5.69 Å². The van der Waals surface area contributed by atoms with Crippen molar-refractivity contribution in [1.29, 1.82) is 0 Å². The first-order chi connectivity index (χ1) is 12.5. The molecule has 6 heteroatoms. The van der Waals surface area contributed by atoms with Gasteiger partial charge in [-0.05, 0) is 51.8 Å². The summed E-state index contributed by atoms with van der Waals surface area (Å²) in [7, 11) is 0. The zero-order chi connectivity index (χ0) is 18.3. The van der Waals surface area contributed by atoms with Crippen molar-refractivity contribution in [2.45, 2.75) is 46.1 Å². The van der Waals surface area contributed by atoms with E-state index in [1.807, 2.05) is 61.9 Å². The Labute approximate surface area is 152 Å². The maximum Gasteiger partial charge on any atom is 0.247 e. The molecule has 1 aromatic carbocycles. The Hall–Kier alpha value is -2.89. The third-order valence-electron chi connectivity index (χ3n) is 4.78. The van der Waals surface area contributed by atoms with E-state index >= 15 is 0 Å². The normalized spacial score (nSPS) is 13.8. The van der Waals surface area contributed by atoms with Gasteiger partial charge in [0.25, 0.3) is 0 Å². The topological polar surface area (TPSA) is 64.7 Å². The van der Waals surface area contributed by atoms with Crippen LogP contribution in [0.15, 0.2) is 36.4 Å². The van der Waals surface area contributed by atoms with Crippen molar-refractivity contribution >= 4 is 11.7 Å². The van der Waals surface area contributed by atoms with Gasteiger partial charge in [0.1, 0.15) is 12.4 Å². The van der Waals surface area contributed by atoms with Crippen molar-refractivity contribution in [3.8, 4) is 5.69 Å². The van der Waals surface area contributed by atoms with E-state index in [1.54, 1.807) is 4.68 Å². The van der Waals surface area contributed by atoms with E-state index in [1.165, 1.54) is 12.8 Å². The molecule has 1 saturated carbocycles. The Bertz CT molecular complexity index is 950. The Morgan fingerprint density at radius 2 is 1.88 bits per heavy atom. The summed E-state index contributed by atoms with van der Waals surface area (Å²) in [5.41, 5.74) is 4.98. The molecule has 0 bridgehead atoms. The van der Waals surface area contributed by atoms with E-state index in [0.29, 0.717) is 5.92 Å². The number of carbonyl (C=O) groups excluding carboxylic acids is 1. The van der Waals surface area contributed by atoms with Gasteiger partial charge in [0.15, 0.2) is 0 Å². The van der Waals surface area contributed by atoms with Crippen LogP contribution in [-0.4, -0.2) is 25.5 Å². The van der Waals surface area contributed by atoms with Crippen LogP contribution >= 0.6 is 0 Å². The molecule has 1 N–H and O–H groups in total. The summed E-state index contributed by atoms with van der Waals surface area (Å²) >= 11 is 0. The minimum atomic E-state index is -0.0984. The molecular formula is C20H23N5O. The molecule has 1 amide bonds. The average Bonchev–Trinajstić information content (AvgIpc) is 3.34. The van der Waals surface area contributed by atoms with Crippen LogP contribution in [0.1, 0.15) is 41.4 Å². The molecule has 0 spiro atoms. The Morgan fingerprint density at radius 1 is 1.15 bits per heavy atom. The summed E-state index contributed by atoms with van der Waals surface area (Å²) < 4.78 is 3.58. The Kier molecular flexibility index (Phi) is 4.11. The number of hydrogen-bond donors (Lipinski definition) is 1. The fraction of sp³-hybridized carbons (Fsp3) is 0.350. The van der Waals surface area contributed by atoms with E-state index in [4.69, 9.17) is 5.10 Å². The molecule has 1 aliphatic carbocycles. The summed E-state index contributed by atoms with van der Waals surface area (Å²) in [5, 5.41) is 12.2. The molecule has 134 valence electrons. The molecule has 2 heterocycles. The third-order valence-corrected chi connectivity index (χ3v) is 4.78. The molecule has 1 aliphatic rings. The molecule has 0 radical (unpaired) electrons. The van der Waals surface area contributed by atoms with Crippen LogP contribution in [0, 0.1) is 20.8 Å². The zero-order valence-corrected chi connectivity index (χ0v) is 15.4. The molecule has 0 unspecified atom stereocenters. The summed E-state index contributed by atoms with van der Waals surface area (Å²) in [6, 6.07) is 11.9. The van der Waals surface area contributed by atoms with E-state index < -0.39 is 0 Å². The molecule has 0 atom stereocenters. The lowest BCUT2D eigenvalue weighted by Gasteiger charge is -2.11. The van der Waals surface area contributed by atoms with Crippen molar-refractivity contribution in [1.82, 2.24) is 19.6 Å². The zero-order valence-electron chi connectivity index (χ0n) is 15.4. The van der Waals surface area contributed by atoms with Crippen molar-refractivity contribution < 1.29 is 4.79 Å². The first kappa shape index (κ1) is 16.6. The molecular weight excluding hydrogens is 326 g/mol. The largest absolute Gasteiger partial charge is 0.309 e. The molecule has 6 nitrogen and oxygen atoms in total. The molecule has 4 rings (SSSR count). The molecule has 1 fully saturated rings. The third kappa shape index (κ3) is 3.14. The number of hydrogen-bond acceptors (Lipinski definition) is 3. The molecule has 2 aromatic heterocycles. The second-order valence-corrected chi connectivity index (χ2v) is 7.01. The van der Waals surface area contributed by atoms with Gasteiger partial charge < -0.3 is 5.32 Å². The highest BCUT2D eigenvalue weighted by molar-refractivity contribution is 5.91. The van der Waals surface area contributed by atoms with Gasteiger partial charge >= 0.3 is 0 Å². The Morgan fingerprint density at radius 3 is 2.50 bits per heavy atom. The first-order valence-corrected chi connectivity index (χ1v) is 8.99. The van der Waals surface area contributed by atoms with Gasteiger partial charge in [0.05, 0.1) is 17.1 Å². The fourth-order valence-electron chi connectivity index (χ4n) is 3.30. The van der Waals surface area contributed by atoms with Gasteiger partial charge in [-0.15, -0.1) is 0 Å². The van der Waals surface area contributed by atoms with Crippen molar-refractivity contribution in [2.75, 3.05) is 5.32 Å². The average molecular weight is 349 g/mol. The quantitative estimate of drug-likeness (QED) is 0.766. The van der Waals surface area contributed by atoms with Gasteiger partial charge in [-0.3, -0.25) is 9.48 Å². The predicted molar refractivity (Wildman–Crippen MR) is 101 cm³/mol. The van der Waals surface area contributed by atoms with Crippen LogP contribution in [0.3, 0.4) is 0 Å². The van der Waals surface area contributed by atoms with Gasteiger partial charge in [0.2, 0.25) is 5.91 Å². The highest BCUT2D eigenvalue weighted by atomic mass is 16.2. The number of carbonyl (C=O) groups is 1. The number of aryl methyl sites for hydroxylation is 2. The monoisotopic (exact) mass is 349 g/mol. The maximum absolute atomic E-state index is 12.7. The maximum atomic E-state index is 12.7. The van der Waals surface area contributed by atoms with Gasteiger partial charge in [0, 0.05) is 17.2 Å². The molecule has 3 aromatic rings. The second kappa shape index (κ2) is 6.44. The lowest BCUT2D eigenvalue weighted by atomic mass is 10.2. The van der Waals surface area contributed by atoms with Crippen LogP contribution in [0.4, 0.5) is 5.82 Å². The smallest absolute Gasteiger partial charge is 0.247 e. The molecule has 26 heavy (non-hydrogen) atoms. The second-order valence-electron chi connectivity index (χ2n) is 7.01. The highest BCUT2D eigenvalue weighted by Crippen LogP contribution is 2.42. The first-order valence-electron chi connectivity index (χ1n) is 8.99. The number of rotatable bonds is 5. The SMILES string of the molecule is Cc1cc(C)n(CC(=O)Nc2c(C)c(C3CC3)nn2-c2ccccc2)n1. The van der Waals surface area contributed by atoms with E-state index in [9.17, 15) is 4.79 Å². The van der Waals surface area contributed by atoms with Gasteiger partial charge in [-0.2, -0.15) is 10.2 Å². The number of benzene rings is 1. The molecule has 0 aliphatic heterocycles. The predicted octanol–water partition coefficient (Wildman–Crippen LogP) is 3.51. The highest BCUT2D eigenvalue weighted by Gasteiger charge is 2.31. The van der Waals surface area contributed by atoms with Crippen LogP contribution in [-0.2, 0) is 11.3 Å². The lowest BCUT2D eigenvalue weighted by molar-refractivity contribution is -0.117. The number of para-hydroxylation sites is 1. The summed E-state index contributed by atoms with van der Waals surface area (Å²) in [6.45, 7) is 6.12. The number of nitrogens with zero attached hydrogens (tertiary/aromatic N) is 4. The molecule has 0 saturated heterocycles. The van der Waals surface area contributed by atoms with Crippen LogP contribution < -0.4 is 5.32 Å². The number of amides is 1. The van der Waals surface area contributed by atoms with Gasteiger partial charge in [-0.25, -0.2) is 4.68 Å². The minimum absolute atomic E-state index is 0.0984. The standard InChI is InChI=1S/C20H23N5O/c1-13-11-14(2)24(22-13)12-18(26)21-20-15(3)19(16-9-10-16)23-25(20)17-7-5-4-6-8-17/h4-8,11,16H,9-10,12H2,1-3H3,(H,21,26). The number of aromatic nitrogens is 4. The number of nitrogens with one attached hydrogen (secondary N) is 1. The van der Waals surface area contributed by atoms with Gasteiger partial charge in [-0.1, -0.05) is 18.2 Å². The Balaban J connectivity index is 1.64.